The standard InChI is InChI=1S/C15H16F3NO4/c1-9(19-11(14(21)22-2)7-8-13(19)20)10-5-3-4-6-12(10)23-15(16,17)18/h3-6,9,11H,7-8H2,1-2H3. The van der Waals surface area contributed by atoms with E-state index in [-0.39, 0.29) is 24.3 Å². The maximum absolute atomic E-state index is 12.5. The highest BCUT2D eigenvalue weighted by Crippen LogP contribution is 2.36. The van der Waals surface area contributed by atoms with Crippen molar-refractivity contribution >= 4 is 11.9 Å². The van der Waals surface area contributed by atoms with E-state index in [9.17, 15) is 22.8 Å². The molecule has 0 radical (unpaired) electrons. The molecule has 0 aliphatic carbocycles. The topological polar surface area (TPSA) is 55.8 Å². The summed E-state index contributed by atoms with van der Waals surface area (Å²) < 4.78 is 46.2. The van der Waals surface area contributed by atoms with Crippen molar-refractivity contribution in [2.75, 3.05) is 7.11 Å². The third-order valence-corrected chi connectivity index (χ3v) is 3.74. The Bertz CT molecular complexity index is 603. The van der Waals surface area contributed by atoms with Crippen LogP contribution < -0.4 is 4.74 Å². The molecule has 8 heteroatoms. The van der Waals surface area contributed by atoms with Gasteiger partial charge in [0.15, 0.2) is 0 Å². The van der Waals surface area contributed by atoms with E-state index in [1.54, 1.807) is 13.0 Å². The van der Waals surface area contributed by atoms with Crippen molar-refractivity contribution in [1.29, 1.82) is 0 Å². The first-order valence-corrected chi connectivity index (χ1v) is 6.98. The fourth-order valence-electron chi connectivity index (χ4n) is 2.75. The molecule has 1 aliphatic heterocycles. The van der Waals surface area contributed by atoms with Crippen molar-refractivity contribution in [1.82, 2.24) is 4.90 Å². The Labute approximate surface area is 131 Å². The molecule has 0 aromatic heterocycles. The lowest BCUT2D eigenvalue weighted by Crippen LogP contribution is -2.41. The van der Waals surface area contributed by atoms with Crippen LogP contribution in [0, 0.1) is 0 Å². The Morgan fingerprint density at radius 2 is 2.00 bits per heavy atom. The molecule has 0 spiro atoms. The van der Waals surface area contributed by atoms with E-state index in [4.69, 9.17) is 0 Å². The number of amides is 1. The predicted molar refractivity (Wildman–Crippen MR) is 73.4 cm³/mol. The molecule has 23 heavy (non-hydrogen) atoms. The van der Waals surface area contributed by atoms with Crippen LogP contribution in [-0.2, 0) is 14.3 Å². The summed E-state index contributed by atoms with van der Waals surface area (Å²) in [5, 5.41) is 0. The van der Waals surface area contributed by atoms with E-state index in [0.29, 0.717) is 0 Å². The molecule has 2 unspecified atom stereocenters. The van der Waals surface area contributed by atoms with Gasteiger partial charge in [0, 0.05) is 12.0 Å². The quantitative estimate of drug-likeness (QED) is 0.796. The van der Waals surface area contributed by atoms with Crippen LogP contribution >= 0.6 is 0 Å². The molecule has 126 valence electrons. The Balaban J connectivity index is 2.34. The molecule has 1 saturated heterocycles. The number of hydrogen-bond acceptors (Lipinski definition) is 4. The summed E-state index contributed by atoms with van der Waals surface area (Å²) in [6.45, 7) is 1.55. The summed E-state index contributed by atoms with van der Waals surface area (Å²) >= 11 is 0. The molecule has 1 heterocycles. The number of methoxy groups -OCH3 is 1. The number of rotatable bonds is 4. The summed E-state index contributed by atoms with van der Waals surface area (Å²) in [5.74, 6) is -1.29. The summed E-state index contributed by atoms with van der Waals surface area (Å²) in [5.41, 5.74) is 0.175. The third kappa shape index (κ3) is 3.75. The fourth-order valence-corrected chi connectivity index (χ4v) is 2.75. The minimum Gasteiger partial charge on any atom is -0.467 e. The lowest BCUT2D eigenvalue weighted by Gasteiger charge is -2.30. The minimum atomic E-state index is -4.84. The van der Waals surface area contributed by atoms with Gasteiger partial charge >= 0.3 is 12.3 Å². The maximum Gasteiger partial charge on any atom is 0.573 e. The number of likely N-dealkylation sites (tertiary alicyclic amines) is 1. The lowest BCUT2D eigenvalue weighted by atomic mass is 10.0. The van der Waals surface area contributed by atoms with Crippen LogP contribution in [0.4, 0.5) is 13.2 Å². The molecule has 2 rings (SSSR count). The Hall–Kier alpha value is -2.25. The smallest absolute Gasteiger partial charge is 0.467 e. The Morgan fingerprint density at radius 3 is 2.61 bits per heavy atom. The molecule has 1 fully saturated rings. The predicted octanol–water partition coefficient (Wildman–Crippen LogP) is 2.81. The summed E-state index contributed by atoms with van der Waals surface area (Å²) in [6.07, 6.45) is -4.42. The van der Waals surface area contributed by atoms with E-state index in [1.165, 1.54) is 30.2 Å². The van der Waals surface area contributed by atoms with Gasteiger partial charge in [-0.25, -0.2) is 4.79 Å². The number of carbonyl (C=O) groups is 2. The monoisotopic (exact) mass is 331 g/mol. The fraction of sp³-hybridized carbons (Fsp3) is 0.467. The first kappa shape index (κ1) is 17.1. The Morgan fingerprint density at radius 1 is 1.35 bits per heavy atom. The van der Waals surface area contributed by atoms with Gasteiger partial charge in [-0.2, -0.15) is 0 Å². The number of alkyl halides is 3. The highest BCUT2D eigenvalue weighted by molar-refractivity contribution is 5.88. The number of halogens is 3. The highest BCUT2D eigenvalue weighted by atomic mass is 19.4. The van der Waals surface area contributed by atoms with Crippen molar-refractivity contribution in [2.24, 2.45) is 0 Å². The van der Waals surface area contributed by atoms with Gasteiger partial charge in [0.25, 0.3) is 0 Å². The number of ether oxygens (including phenoxy) is 2. The number of para-hydroxylation sites is 1. The lowest BCUT2D eigenvalue weighted by molar-refractivity contribution is -0.275. The molecule has 2 atom stereocenters. The van der Waals surface area contributed by atoms with Crippen molar-refractivity contribution in [3.8, 4) is 5.75 Å². The average Bonchev–Trinajstić information content (AvgIpc) is 2.86. The second-order valence-electron chi connectivity index (χ2n) is 5.14. The largest absolute Gasteiger partial charge is 0.573 e. The summed E-state index contributed by atoms with van der Waals surface area (Å²) in [4.78, 5) is 25.1. The van der Waals surface area contributed by atoms with Gasteiger partial charge in [0.1, 0.15) is 11.8 Å². The number of nitrogens with zero attached hydrogens (tertiary/aromatic N) is 1. The maximum atomic E-state index is 12.5. The van der Waals surface area contributed by atoms with E-state index in [0.717, 1.165) is 0 Å². The van der Waals surface area contributed by atoms with Crippen LogP contribution in [-0.4, -0.2) is 36.3 Å². The first-order valence-electron chi connectivity index (χ1n) is 6.98. The summed E-state index contributed by atoms with van der Waals surface area (Å²) in [6, 6.07) is 4.00. The normalized spacial score (nSPS) is 19.6. The molecule has 1 aromatic rings. The zero-order chi connectivity index (χ0) is 17.2. The van der Waals surface area contributed by atoms with Crippen LogP contribution in [0.25, 0.3) is 0 Å². The van der Waals surface area contributed by atoms with Crippen molar-refractivity contribution in [2.45, 2.75) is 38.2 Å². The Kier molecular flexibility index (Phi) is 4.82. The summed E-state index contributed by atoms with van der Waals surface area (Å²) in [7, 11) is 1.20. The number of benzene rings is 1. The number of esters is 1. The molecule has 0 bridgehead atoms. The molecular formula is C15H16F3NO4. The van der Waals surface area contributed by atoms with Gasteiger partial charge < -0.3 is 14.4 Å². The van der Waals surface area contributed by atoms with Gasteiger partial charge in [-0.15, -0.1) is 13.2 Å². The molecule has 0 N–H and O–H groups in total. The molecular weight excluding hydrogens is 315 g/mol. The van der Waals surface area contributed by atoms with Gasteiger partial charge in [0.2, 0.25) is 5.91 Å². The van der Waals surface area contributed by atoms with Crippen LogP contribution in [0.3, 0.4) is 0 Å². The van der Waals surface area contributed by atoms with E-state index < -0.39 is 30.2 Å². The van der Waals surface area contributed by atoms with Crippen molar-refractivity contribution in [3.63, 3.8) is 0 Å². The second kappa shape index (κ2) is 6.47. The van der Waals surface area contributed by atoms with Gasteiger partial charge in [-0.1, -0.05) is 18.2 Å². The zero-order valence-electron chi connectivity index (χ0n) is 12.6. The highest BCUT2D eigenvalue weighted by Gasteiger charge is 2.41. The van der Waals surface area contributed by atoms with Crippen molar-refractivity contribution in [3.05, 3.63) is 29.8 Å². The molecule has 1 aliphatic rings. The number of hydrogen-bond donors (Lipinski definition) is 0. The second-order valence-corrected chi connectivity index (χ2v) is 5.14. The first-order chi connectivity index (χ1) is 10.7. The van der Waals surface area contributed by atoms with E-state index >= 15 is 0 Å². The van der Waals surface area contributed by atoms with Crippen molar-refractivity contribution < 1.29 is 32.2 Å². The molecule has 5 nitrogen and oxygen atoms in total. The van der Waals surface area contributed by atoms with Gasteiger partial charge in [0.05, 0.1) is 13.2 Å². The molecule has 1 amide bonds. The van der Waals surface area contributed by atoms with Crippen LogP contribution in [0.1, 0.15) is 31.4 Å². The average molecular weight is 331 g/mol. The van der Waals surface area contributed by atoms with Gasteiger partial charge in [-0.3, -0.25) is 4.79 Å². The van der Waals surface area contributed by atoms with E-state index in [1.807, 2.05) is 0 Å². The minimum absolute atomic E-state index is 0.145. The molecule has 1 aromatic carbocycles. The zero-order valence-corrected chi connectivity index (χ0v) is 12.6. The van der Waals surface area contributed by atoms with Crippen LogP contribution in [0.2, 0.25) is 0 Å². The number of carbonyl (C=O) groups excluding carboxylic acids is 2. The van der Waals surface area contributed by atoms with Gasteiger partial charge in [-0.05, 0) is 19.4 Å². The van der Waals surface area contributed by atoms with E-state index in [2.05, 4.69) is 9.47 Å². The van der Waals surface area contributed by atoms with Crippen LogP contribution in [0.5, 0.6) is 5.75 Å². The third-order valence-electron chi connectivity index (χ3n) is 3.74. The van der Waals surface area contributed by atoms with Crippen LogP contribution in [0.15, 0.2) is 24.3 Å². The molecule has 0 saturated carbocycles. The SMILES string of the molecule is COC(=O)C1CCC(=O)N1C(C)c1ccccc1OC(F)(F)F.